The summed E-state index contributed by atoms with van der Waals surface area (Å²) in [6.45, 7) is 1.14. The van der Waals surface area contributed by atoms with Crippen molar-refractivity contribution in [3.8, 4) is 0 Å². The molecule has 98 valence electrons. The van der Waals surface area contributed by atoms with Gasteiger partial charge in [0.1, 0.15) is 6.29 Å². The zero-order valence-corrected chi connectivity index (χ0v) is 10.8. The number of anilines is 1. The Bertz CT molecular complexity index is 505. The van der Waals surface area contributed by atoms with Crippen molar-refractivity contribution in [2.45, 2.75) is 19.3 Å². The highest BCUT2D eigenvalue weighted by atomic mass is 32.2. The fraction of sp³-hybridized carbons (Fsp3) is 0.417. The summed E-state index contributed by atoms with van der Waals surface area (Å²) in [5.74, 6) is 0. The Hall–Kier alpha value is -1.40. The fourth-order valence-electron chi connectivity index (χ4n) is 1.95. The molecule has 2 rings (SSSR count). The Labute approximate surface area is 107 Å². The molecule has 5 nitrogen and oxygen atoms in total. The lowest BCUT2D eigenvalue weighted by Gasteiger charge is -2.26. The Kier molecular flexibility index (Phi) is 3.98. The molecule has 6 heteroatoms. The second-order valence-corrected chi connectivity index (χ2v) is 5.98. The van der Waals surface area contributed by atoms with Crippen molar-refractivity contribution in [3.63, 3.8) is 0 Å². The van der Waals surface area contributed by atoms with E-state index in [0.717, 1.165) is 25.5 Å². The Morgan fingerprint density at radius 1 is 1.06 bits per heavy atom. The first-order valence-corrected chi connectivity index (χ1v) is 7.39. The van der Waals surface area contributed by atoms with E-state index in [4.69, 9.17) is 0 Å². The Morgan fingerprint density at radius 3 is 2.22 bits per heavy atom. The van der Waals surface area contributed by atoms with Gasteiger partial charge < -0.3 is 0 Å². The van der Waals surface area contributed by atoms with Gasteiger partial charge in [-0.25, -0.2) is 0 Å². The summed E-state index contributed by atoms with van der Waals surface area (Å²) in [6, 6.07) is 6.35. The van der Waals surface area contributed by atoms with Crippen LogP contribution >= 0.6 is 0 Å². The van der Waals surface area contributed by atoms with Gasteiger partial charge in [0.25, 0.3) is 0 Å². The fourth-order valence-corrected chi connectivity index (χ4v) is 3.25. The second kappa shape index (κ2) is 5.49. The van der Waals surface area contributed by atoms with E-state index >= 15 is 0 Å². The van der Waals surface area contributed by atoms with Gasteiger partial charge in [0.05, 0.1) is 0 Å². The molecular weight excluding hydrogens is 252 g/mol. The molecule has 1 saturated heterocycles. The van der Waals surface area contributed by atoms with Crippen LogP contribution in [0.2, 0.25) is 0 Å². The molecule has 1 aliphatic heterocycles. The molecule has 0 amide bonds. The van der Waals surface area contributed by atoms with E-state index in [1.54, 1.807) is 24.3 Å². The van der Waals surface area contributed by atoms with Crippen LogP contribution in [0.25, 0.3) is 0 Å². The smallest absolute Gasteiger partial charge is 0.298 e. The number of carbonyl (C=O) groups is 1. The Balaban J connectivity index is 2.08. The van der Waals surface area contributed by atoms with E-state index in [2.05, 4.69) is 4.72 Å². The topological polar surface area (TPSA) is 66.5 Å². The summed E-state index contributed by atoms with van der Waals surface area (Å²) in [5.41, 5.74) is 1.00. The lowest BCUT2D eigenvalue weighted by Crippen LogP contribution is -2.39. The third-order valence-electron chi connectivity index (χ3n) is 2.95. The lowest BCUT2D eigenvalue weighted by molar-refractivity contribution is 0.112. The number of rotatable bonds is 4. The third-order valence-corrected chi connectivity index (χ3v) is 4.49. The van der Waals surface area contributed by atoms with Gasteiger partial charge in [-0.1, -0.05) is 6.42 Å². The summed E-state index contributed by atoms with van der Waals surface area (Å²) in [5, 5.41) is 0. The average molecular weight is 268 g/mol. The Morgan fingerprint density at radius 2 is 1.67 bits per heavy atom. The molecule has 1 heterocycles. The zero-order chi connectivity index (χ0) is 13.0. The number of hydrogen-bond acceptors (Lipinski definition) is 3. The van der Waals surface area contributed by atoms with Gasteiger partial charge in [0.2, 0.25) is 0 Å². The van der Waals surface area contributed by atoms with Crippen molar-refractivity contribution in [1.82, 2.24) is 4.31 Å². The monoisotopic (exact) mass is 268 g/mol. The minimum atomic E-state index is -3.46. The summed E-state index contributed by atoms with van der Waals surface area (Å²) in [6.07, 6.45) is 3.62. The average Bonchev–Trinajstić information content (AvgIpc) is 2.40. The van der Waals surface area contributed by atoms with E-state index in [1.807, 2.05) is 0 Å². The van der Waals surface area contributed by atoms with Crippen LogP contribution in [0.4, 0.5) is 5.69 Å². The number of hydrogen-bond donors (Lipinski definition) is 1. The van der Waals surface area contributed by atoms with Crippen LogP contribution in [0.5, 0.6) is 0 Å². The molecular formula is C12H16N2O3S. The number of benzene rings is 1. The first-order valence-electron chi connectivity index (χ1n) is 5.95. The highest BCUT2D eigenvalue weighted by molar-refractivity contribution is 7.90. The van der Waals surface area contributed by atoms with Crippen molar-refractivity contribution >= 4 is 22.2 Å². The molecule has 1 aromatic carbocycles. The minimum Gasteiger partial charge on any atom is -0.298 e. The molecule has 0 saturated carbocycles. The predicted octanol–water partition coefficient (Wildman–Crippen LogP) is 1.64. The van der Waals surface area contributed by atoms with Crippen LogP contribution < -0.4 is 4.72 Å². The molecule has 0 spiro atoms. The highest BCUT2D eigenvalue weighted by Crippen LogP contribution is 2.16. The van der Waals surface area contributed by atoms with E-state index in [9.17, 15) is 13.2 Å². The van der Waals surface area contributed by atoms with Gasteiger partial charge in [-0.05, 0) is 37.1 Å². The van der Waals surface area contributed by atoms with E-state index < -0.39 is 10.2 Å². The molecule has 1 aliphatic rings. The quantitative estimate of drug-likeness (QED) is 0.844. The third kappa shape index (κ3) is 3.08. The molecule has 0 bridgehead atoms. The van der Waals surface area contributed by atoms with E-state index in [-0.39, 0.29) is 0 Å². The molecule has 18 heavy (non-hydrogen) atoms. The van der Waals surface area contributed by atoms with Gasteiger partial charge in [-0.2, -0.15) is 12.7 Å². The molecule has 0 aromatic heterocycles. The molecule has 1 fully saturated rings. The van der Waals surface area contributed by atoms with Crippen LogP contribution in [0, 0.1) is 0 Å². The summed E-state index contributed by atoms with van der Waals surface area (Å²) in [7, 11) is -3.46. The molecule has 0 radical (unpaired) electrons. The molecule has 0 unspecified atom stereocenters. The van der Waals surface area contributed by atoms with E-state index in [0.29, 0.717) is 24.3 Å². The van der Waals surface area contributed by atoms with Crippen molar-refractivity contribution in [2.24, 2.45) is 0 Å². The number of carbonyl (C=O) groups excluding carboxylic acids is 1. The normalized spacial score (nSPS) is 17.3. The summed E-state index contributed by atoms with van der Waals surface area (Å²) in [4.78, 5) is 10.5. The molecule has 1 N–H and O–H groups in total. The molecule has 1 aromatic rings. The molecule has 0 atom stereocenters. The maximum atomic E-state index is 12.1. The van der Waals surface area contributed by atoms with Crippen LogP contribution in [0.15, 0.2) is 24.3 Å². The van der Waals surface area contributed by atoms with Crippen molar-refractivity contribution in [1.29, 1.82) is 0 Å². The number of nitrogens with one attached hydrogen (secondary N) is 1. The standard InChI is InChI=1S/C12H16N2O3S/c15-10-11-4-6-12(7-5-11)13-18(16,17)14-8-2-1-3-9-14/h4-7,10,13H,1-3,8-9H2. The first-order chi connectivity index (χ1) is 8.62. The van der Waals surface area contributed by atoms with Gasteiger partial charge in [0.15, 0.2) is 0 Å². The van der Waals surface area contributed by atoms with Crippen LogP contribution in [-0.4, -0.2) is 32.1 Å². The number of piperidine rings is 1. The van der Waals surface area contributed by atoms with Gasteiger partial charge in [-0.15, -0.1) is 0 Å². The maximum absolute atomic E-state index is 12.1. The van der Waals surface area contributed by atoms with Gasteiger partial charge >= 0.3 is 10.2 Å². The summed E-state index contributed by atoms with van der Waals surface area (Å²) >= 11 is 0. The number of nitrogens with zero attached hydrogens (tertiary/aromatic N) is 1. The van der Waals surface area contributed by atoms with Crippen molar-refractivity contribution in [3.05, 3.63) is 29.8 Å². The maximum Gasteiger partial charge on any atom is 0.301 e. The number of aldehydes is 1. The minimum absolute atomic E-state index is 0.478. The highest BCUT2D eigenvalue weighted by Gasteiger charge is 2.23. The summed E-state index contributed by atoms with van der Waals surface area (Å²) < 4.78 is 28.1. The first kappa shape index (κ1) is 13.0. The lowest BCUT2D eigenvalue weighted by atomic mass is 10.2. The van der Waals surface area contributed by atoms with Crippen molar-refractivity contribution in [2.75, 3.05) is 17.8 Å². The molecule has 0 aliphatic carbocycles. The van der Waals surface area contributed by atoms with Crippen molar-refractivity contribution < 1.29 is 13.2 Å². The van der Waals surface area contributed by atoms with Gasteiger partial charge in [0, 0.05) is 24.3 Å². The van der Waals surface area contributed by atoms with Gasteiger partial charge in [-0.3, -0.25) is 9.52 Å². The predicted molar refractivity (Wildman–Crippen MR) is 69.8 cm³/mol. The van der Waals surface area contributed by atoms with Crippen LogP contribution in [0.3, 0.4) is 0 Å². The zero-order valence-electron chi connectivity index (χ0n) is 10.0. The van der Waals surface area contributed by atoms with Crippen LogP contribution in [0.1, 0.15) is 29.6 Å². The second-order valence-electron chi connectivity index (χ2n) is 4.31. The largest absolute Gasteiger partial charge is 0.301 e. The SMILES string of the molecule is O=Cc1ccc(NS(=O)(=O)N2CCCCC2)cc1. The van der Waals surface area contributed by atoms with E-state index in [1.165, 1.54) is 4.31 Å². The van der Waals surface area contributed by atoms with Crippen LogP contribution in [-0.2, 0) is 10.2 Å².